The topological polar surface area (TPSA) is 52.6 Å². The predicted octanol–water partition coefficient (Wildman–Crippen LogP) is 1.90. The van der Waals surface area contributed by atoms with Gasteiger partial charge >= 0.3 is 5.97 Å². The molecule has 1 heterocycles. The van der Waals surface area contributed by atoms with Crippen LogP contribution in [0.3, 0.4) is 0 Å². The summed E-state index contributed by atoms with van der Waals surface area (Å²) in [6.45, 7) is 3.64. The molecule has 1 aromatic carbocycles. The third-order valence-corrected chi connectivity index (χ3v) is 3.81. The average Bonchev–Trinajstić information content (AvgIpc) is 2.38. The Morgan fingerprint density at radius 3 is 3.00 bits per heavy atom. The fourth-order valence-corrected chi connectivity index (χ4v) is 2.76. The van der Waals surface area contributed by atoms with Crippen molar-refractivity contribution in [2.24, 2.45) is 0 Å². The van der Waals surface area contributed by atoms with Crippen molar-refractivity contribution in [3.05, 3.63) is 34.6 Å². The smallest absolute Gasteiger partial charge is 0.322 e. The molecule has 4 nitrogen and oxygen atoms in total. The Morgan fingerprint density at radius 1 is 1.63 bits per heavy atom. The van der Waals surface area contributed by atoms with Crippen molar-refractivity contribution >= 4 is 17.6 Å². The number of hydrogen-bond acceptors (Lipinski definition) is 3. The Hall–Kier alpha value is -1.17. The van der Waals surface area contributed by atoms with Crippen molar-refractivity contribution in [2.75, 3.05) is 19.6 Å². The minimum absolute atomic E-state index is 0.170. The van der Waals surface area contributed by atoms with Gasteiger partial charge in [-0.2, -0.15) is 0 Å². The maximum Gasteiger partial charge on any atom is 0.322 e. The second-order valence-electron chi connectivity index (χ2n) is 4.64. The molecule has 0 spiro atoms. The van der Waals surface area contributed by atoms with Gasteiger partial charge in [-0.3, -0.25) is 9.69 Å². The predicted molar refractivity (Wildman–Crippen MR) is 70.8 cm³/mol. The molecule has 0 radical (unpaired) electrons. The number of carboxylic acid groups (broad SMARTS) is 1. The lowest BCUT2D eigenvalue weighted by atomic mass is 10.0. The van der Waals surface area contributed by atoms with E-state index in [0.29, 0.717) is 18.1 Å². The molecule has 2 unspecified atom stereocenters. The lowest BCUT2D eigenvalue weighted by Gasteiger charge is -2.38. The van der Waals surface area contributed by atoms with Gasteiger partial charge in [0.05, 0.1) is 0 Å². The lowest BCUT2D eigenvalue weighted by Crippen LogP contribution is -2.55. The molecule has 0 saturated carbocycles. The molecule has 2 rings (SSSR count). The number of aliphatic carboxylic acids is 1. The van der Waals surface area contributed by atoms with Crippen molar-refractivity contribution < 1.29 is 14.3 Å². The van der Waals surface area contributed by atoms with Crippen molar-refractivity contribution in [3.8, 4) is 0 Å². The van der Waals surface area contributed by atoms with Crippen LogP contribution in [-0.4, -0.2) is 41.7 Å². The first-order valence-corrected chi connectivity index (χ1v) is 6.52. The highest BCUT2D eigenvalue weighted by atomic mass is 35.5. The van der Waals surface area contributed by atoms with Crippen LogP contribution in [0.2, 0.25) is 5.02 Å². The molecular weight excluding hydrogens is 271 g/mol. The zero-order chi connectivity index (χ0) is 14.0. The number of halogens is 2. The minimum Gasteiger partial charge on any atom is -0.480 e. The molecule has 6 heteroatoms. The number of hydrogen-bond donors (Lipinski definition) is 2. The fraction of sp³-hybridized carbons (Fsp3) is 0.462. The van der Waals surface area contributed by atoms with Crippen molar-refractivity contribution in [1.29, 1.82) is 0 Å². The van der Waals surface area contributed by atoms with E-state index in [9.17, 15) is 14.3 Å². The molecule has 1 aliphatic rings. The zero-order valence-corrected chi connectivity index (χ0v) is 11.3. The number of rotatable bonds is 3. The summed E-state index contributed by atoms with van der Waals surface area (Å²) in [5.74, 6) is -1.26. The van der Waals surface area contributed by atoms with Crippen LogP contribution in [-0.2, 0) is 4.79 Å². The highest BCUT2D eigenvalue weighted by Gasteiger charge is 2.32. The zero-order valence-electron chi connectivity index (χ0n) is 10.6. The first kappa shape index (κ1) is 14.2. The molecule has 1 saturated heterocycles. The van der Waals surface area contributed by atoms with E-state index in [1.54, 1.807) is 6.07 Å². The van der Waals surface area contributed by atoms with Crippen molar-refractivity contribution in [3.63, 3.8) is 0 Å². The maximum atomic E-state index is 13.1. The molecular formula is C13H16ClFN2O2. The summed E-state index contributed by atoms with van der Waals surface area (Å²) in [5, 5.41) is 12.6. The minimum atomic E-state index is -0.864. The second kappa shape index (κ2) is 5.86. The van der Waals surface area contributed by atoms with Crippen LogP contribution in [0.4, 0.5) is 4.39 Å². The number of carbonyl (C=O) groups is 1. The van der Waals surface area contributed by atoms with E-state index >= 15 is 0 Å². The van der Waals surface area contributed by atoms with E-state index in [4.69, 9.17) is 11.6 Å². The summed E-state index contributed by atoms with van der Waals surface area (Å²) in [6, 6.07) is 3.45. The van der Waals surface area contributed by atoms with Gasteiger partial charge in [-0.1, -0.05) is 17.7 Å². The highest BCUT2D eigenvalue weighted by Crippen LogP contribution is 2.29. The number of carboxylic acids is 1. The van der Waals surface area contributed by atoms with E-state index in [1.807, 2.05) is 11.8 Å². The Balaban J connectivity index is 2.25. The van der Waals surface area contributed by atoms with E-state index in [1.165, 1.54) is 12.1 Å². The van der Waals surface area contributed by atoms with Gasteiger partial charge in [0.2, 0.25) is 0 Å². The molecule has 1 aromatic rings. The molecule has 0 bridgehead atoms. The van der Waals surface area contributed by atoms with E-state index in [-0.39, 0.29) is 6.04 Å². The van der Waals surface area contributed by atoms with E-state index in [2.05, 4.69) is 5.32 Å². The third-order valence-electron chi connectivity index (χ3n) is 3.48. The fourth-order valence-electron chi connectivity index (χ4n) is 2.43. The summed E-state index contributed by atoms with van der Waals surface area (Å²) in [7, 11) is 0. The number of piperazine rings is 1. The van der Waals surface area contributed by atoms with Crippen LogP contribution in [0, 0.1) is 5.82 Å². The maximum absolute atomic E-state index is 13.1. The molecule has 104 valence electrons. The second-order valence-corrected chi connectivity index (χ2v) is 5.04. The van der Waals surface area contributed by atoms with Crippen LogP contribution in [0.1, 0.15) is 18.5 Å². The summed E-state index contributed by atoms with van der Waals surface area (Å²) in [6.07, 6.45) is 0. The van der Waals surface area contributed by atoms with Gasteiger partial charge in [0.15, 0.2) is 0 Å². The summed E-state index contributed by atoms with van der Waals surface area (Å²) in [5.41, 5.74) is 0.746. The first-order chi connectivity index (χ1) is 9.00. The third kappa shape index (κ3) is 3.05. The molecule has 0 amide bonds. The number of benzene rings is 1. The summed E-state index contributed by atoms with van der Waals surface area (Å²) < 4.78 is 13.1. The molecule has 19 heavy (non-hydrogen) atoms. The van der Waals surface area contributed by atoms with Crippen molar-refractivity contribution in [2.45, 2.75) is 19.0 Å². The molecule has 1 fully saturated rings. The number of nitrogens with zero attached hydrogens (tertiary/aromatic N) is 1. The standard InChI is InChI=1S/C13H16ClFN2O2/c1-8(10-3-2-9(15)6-11(10)14)17-5-4-16-7-12(17)13(18)19/h2-3,6,8,12,16H,4-5,7H2,1H3,(H,18,19). The first-order valence-electron chi connectivity index (χ1n) is 6.15. The Labute approximate surface area is 116 Å². The Bertz CT molecular complexity index is 484. The summed E-state index contributed by atoms with van der Waals surface area (Å²) >= 11 is 6.04. The average molecular weight is 287 g/mol. The molecule has 0 aromatic heterocycles. The molecule has 2 atom stereocenters. The van der Waals surface area contributed by atoms with Crippen LogP contribution >= 0.6 is 11.6 Å². The molecule has 2 N–H and O–H groups in total. The normalized spacial score (nSPS) is 22.2. The summed E-state index contributed by atoms with van der Waals surface area (Å²) in [4.78, 5) is 13.1. The Kier molecular flexibility index (Phi) is 4.39. The SMILES string of the molecule is CC(c1ccc(F)cc1Cl)N1CCNCC1C(=O)O. The van der Waals surface area contributed by atoms with Gasteiger partial charge in [-0.05, 0) is 24.6 Å². The van der Waals surface area contributed by atoms with Gasteiger partial charge in [0, 0.05) is 30.7 Å². The van der Waals surface area contributed by atoms with Crippen LogP contribution < -0.4 is 5.32 Å². The molecule has 1 aliphatic heterocycles. The largest absolute Gasteiger partial charge is 0.480 e. The Morgan fingerprint density at radius 2 is 2.37 bits per heavy atom. The van der Waals surface area contributed by atoms with Gasteiger partial charge in [-0.25, -0.2) is 4.39 Å². The van der Waals surface area contributed by atoms with E-state index in [0.717, 1.165) is 12.1 Å². The molecule has 0 aliphatic carbocycles. The quantitative estimate of drug-likeness (QED) is 0.891. The van der Waals surface area contributed by atoms with E-state index < -0.39 is 17.8 Å². The van der Waals surface area contributed by atoms with Crippen molar-refractivity contribution in [1.82, 2.24) is 10.2 Å². The van der Waals surface area contributed by atoms with Gasteiger partial charge in [0.25, 0.3) is 0 Å². The van der Waals surface area contributed by atoms with Crippen LogP contribution in [0.15, 0.2) is 18.2 Å². The lowest BCUT2D eigenvalue weighted by molar-refractivity contribution is -0.145. The highest BCUT2D eigenvalue weighted by molar-refractivity contribution is 6.31. The van der Waals surface area contributed by atoms with Gasteiger partial charge in [-0.15, -0.1) is 0 Å². The number of nitrogens with one attached hydrogen (secondary N) is 1. The van der Waals surface area contributed by atoms with Crippen LogP contribution in [0.25, 0.3) is 0 Å². The van der Waals surface area contributed by atoms with Gasteiger partial charge in [0.1, 0.15) is 11.9 Å². The van der Waals surface area contributed by atoms with Crippen LogP contribution in [0.5, 0.6) is 0 Å². The monoisotopic (exact) mass is 286 g/mol. The van der Waals surface area contributed by atoms with Gasteiger partial charge < -0.3 is 10.4 Å².